The maximum atomic E-state index is 6.09. The van der Waals surface area contributed by atoms with Crippen LogP contribution in [0.1, 0.15) is 26.1 Å². The summed E-state index contributed by atoms with van der Waals surface area (Å²) in [5, 5.41) is 0. The normalized spacial score (nSPS) is 15.1. The highest BCUT2D eigenvalue weighted by atomic mass is 16.7. The van der Waals surface area contributed by atoms with Crippen LogP contribution < -0.4 is 15.2 Å². The zero-order valence-electron chi connectivity index (χ0n) is 11.3. The lowest BCUT2D eigenvalue weighted by Gasteiger charge is -2.13. The van der Waals surface area contributed by atoms with Gasteiger partial charge in [0.05, 0.1) is 11.0 Å². The van der Waals surface area contributed by atoms with Gasteiger partial charge in [0, 0.05) is 31.1 Å². The molecule has 5 nitrogen and oxygen atoms in total. The second-order valence-electron chi connectivity index (χ2n) is 4.85. The van der Waals surface area contributed by atoms with Crippen molar-refractivity contribution in [1.29, 1.82) is 0 Å². The molecule has 0 aliphatic carbocycles. The number of benzene rings is 1. The first-order chi connectivity index (χ1) is 9.22. The van der Waals surface area contributed by atoms with Gasteiger partial charge in [-0.25, -0.2) is 4.98 Å². The standard InChI is InChI=1S/C14H19N3O2/c1-3-9(15)7-17-11-6-13-12(18-8-19-13)5-10(11)16-14(17)4-2/h5-6,9H,3-4,7-8,15H2,1-2H3. The van der Waals surface area contributed by atoms with Gasteiger partial charge in [-0.3, -0.25) is 0 Å². The molecule has 5 heteroatoms. The van der Waals surface area contributed by atoms with Crippen LogP contribution in [0.2, 0.25) is 0 Å². The highest BCUT2D eigenvalue weighted by Crippen LogP contribution is 2.36. The van der Waals surface area contributed by atoms with E-state index in [1.165, 1.54) is 0 Å². The third-order valence-electron chi connectivity index (χ3n) is 3.58. The molecule has 2 heterocycles. The molecule has 102 valence electrons. The van der Waals surface area contributed by atoms with E-state index >= 15 is 0 Å². The van der Waals surface area contributed by atoms with Gasteiger partial charge in [0.25, 0.3) is 0 Å². The van der Waals surface area contributed by atoms with E-state index in [1.54, 1.807) is 0 Å². The lowest BCUT2D eigenvalue weighted by atomic mass is 10.2. The Balaban J connectivity index is 2.12. The van der Waals surface area contributed by atoms with Crippen LogP contribution in [0.5, 0.6) is 11.5 Å². The Labute approximate surface area is 112 Å². The maximum Gasteiger partial charge on any atom is 0.231 e. The van der Waals surface area contributed by atoms with Crippen LogP contribution >= 0.6 is 0 Å². The minimum absolute atomic E-state index is 0.146. The van der Waals surface area contributed by atoms with Crippen LogP contribution in [0.3, 0.4) is 0 Å². The Morgan fingerprint density at radius 2 is 2.05 bits per heavy atom. The van der Waals surface area contributed by atoms with E-state index < -0.39 is 0 Å². The van der Waals surface area contributed by atoms with Crippen LogP contribution in [-0.2, 0) is 13.0 Å². The monoisotopic (exact) mass is 261 g/mol. The SMILES string of the molecule is CCc1nc2cc3c(cc2n1CC(N)CC)OCO3. The summed E-state index contributed by atoms with van der Waals surface area (Å²) < 4.78 is 13.0. The molecular formula is C14H19N3O2. The second-order valence-corrected chi connectivity index (χ2v) is 4.85. The number of nitrogens with zero attached hydrogens (tertiary/aromatic N) is 2. The predicted molar refractivity (Wildman–Crippen MR) is 73.5 cm³/mol. The highest BCUT2D eigenvalue weighted by molar-refractivity contribution is 5.81. The zero-order chi connectivity index (χ0) is 13.4. The second kappa shape index (κ2) is 4.74. The van der Waals surface area contributed by atoms with Crippen molar-refractivity contribution in [3.05, 3.63) is 18.0 Å². The van der Waals surface area contributed by atoms with E-state index in [2.05, 4.69) is 23.4 Å². The highest BCUT2D eigenvalue weighted by Gasteiger charge is 2.19. The van der Waals surface area contributed by atoms with Crippen molar-refractivity contribution in [3.8, 4) is 11.5 Å². The summed E-state index contributed by atoms with van der Waals surface area (Å²) in [4.78, 5) is 4.67. The number of ether oxygens (including phenoxy) is 2. The fraction of sp³-hybridized carbons (Fsp3) is 0.500. The summed E-state index contributed by atoms with van der Waals surface area (Å²) >= 11 is 0. The first-order valence-corrected chi connectivity index (χ1v) is 6.77. The van der Waals surface area contributed by atoms with Gasteiger partial charge < -0.3 is 19.8 Å². The van der Waals surface area contributed by atoms with Gasteiger partial charge in [-0.1, -0.05) is 13.8 Å². The molecule has 0 radical (unpaired) electrons. The molecule has 1 aliphatic rings. The number of hydrogen-bond acceptors (Lipinski definition) is 4. The summed E-state index contributed by atoms with van der Waals surface area (Å²) in [5.74, 6) is 2.63. The number of hydrogen-bond donors (Lipinski definition) is 1. The van der Waals surface area contributed by atoms with Crippen molar-refractivity contribution in [3.63, 3.8) is 0 Å². The van der Waals surface area contributed by atoms with Crippen molar-refractivity contribution in [2.45, 2.75) is 39.3 Å². The fourth-order valence-electron chi connectivity index (χ4n) is 2.40. The minimum Gasteiger partial charge on any atom is -0.454 e. The average molecular weight is 261 g/mol. The summed E-state index contributed by atoms with van der Waals surface area (Å²) in [5.41, 5.74) is 8.11. The third-order valence-corrected chi connectivity index (χ3v) is 3.58. The van der Waals surface area contributed by atoms with Gasteiger partial charge in [-0.2, -0.15) is 0 Å². The summed E-state index contributed by atoms with van der Waals surface area (Å²) in [6.45, 7) is 5.28. The van der Waals surface area contributed by atoms with Crippen molar-refractivity contribution in [2.24, 2.45) is 5.73 Å². The van der Waals surface area contributed by atoms with Crippen LogP contribution in [0, 0.1) is 0 Å². The zero-order valence-corrected chi connectivity index (χ0v) is 11.3. The quantitative estimate of drug-likeness (QED) is 0.915. The fourth-order valence-corrected chi connectivity index (χ4v) is 2.40. The number of aromatic nitrogens is 2. The third kappa shape index (κ3) is 2.04. The Kier molecular flexibility index (Phi) is 3.06. The molecule has 3 rings (SSSR count). The first kappa shape index (κ1) is 12.3. The molecule has 1 unspecified atom stereocenters. The molecule has 0 spiro atoms. The molecule has 0 amide bonds. The molecule has 1 aromatic carbocycles. The summed E-state index contributed by atoms with van der Waals surface area (Å²) in [7, 11) is 0. The Morgan fingerprint density at radius 1 is 1.32 bits per heavy atom. The van der Waals surface area contributed by atoms with Gasteiger partial charge in [0.1, 0.15) is 5.82 Å². The molecule has 1 atom stereocenters. The van der Waals surface area contributed by atoms with E-state index in [1.807, 2.05) is 12.1 Å². The lowest BCUT2D eigenvalue weighted by molar-refractivity contribution is 0.174. The van der Waals surface area contributed by atoms with E-state index in [0.29, 0.717) is 0 Å². The molecule has 0 bridgehead atoms. The number of rotatable bonds is 4. The van der Waals surface area contributed by atoms with Crippen LogP contribution in [0.4, 0.5) is 0 Å². The molecular weight excluding hydrogens is 242 g/mol. The van der Waals surface area contributed by atoms with E-state index in [4.69, 9.17) is 15.2 Å². The maximum absolute atomic E-state index is 6.09. The predicted octanol–water partition coefficient (Wildman–Crippen LogP) is 2.06. The molecule has 2 aromatic rings. The van der Waals surface area contributed by atoms with Crippen molar-refractivity contribution in [1.82, 2.24) is 9.55 Å². The largest absolute Gasteiger partial charge is 0.454 e. The van der Waals surface area contributed by atoms with E-state index in [9.17, 15) is 0 Å². The summed E-state index contributed by atoms with van der Waals surface area (Å²) in [6, 6.07) is 4.10. The number of aryl methyl sites for hydroxylation is 1. The van der Waals surface area contributed by atoms with E-state index in [0.717, 1.165) is 47.7 Å². The Morgan fingerprint density at radius 3 is 2.74 bits per heavy atom. The molecule has 1 aliphatic heterocycles. The van der Waals surface area contributed by atoms with Crippen molar-refractivity contribution in [2.75, 3.05) is 6.79 Å². The lowest BCUT2D eigenvalue weighted by Crippen LogP contribution is -2.26. The van der Waals surface area contributed by atoms with E-state index in [-0.39, 0.29) is 12.8 Å². The molecule has 0 saturated carbocycles. The molecule has 2 N–H and O–H groups in total. The van der Waals surface area contributed by atoms with Crippen molar-refractivity contribution < 1.29 is 9.47 Å². The van der Waals surface area contributed by atoms with Crippen LogP contribution in [0.15, 0.2) is 12.1 Å². The van der Waals surface area contributed by atoms with Gasteiger partial charge in [-0.15, -0.1) is 0 Å². The molecule has 1 aromatic heterocycles. The number of fused-ring (bicyclic) bond motifs is 2. The van der Waals surface area contributed by atoms with Gasteiger partial charge in [-0.05, 0) is 6.42 Å². The Bertz CT molecular complexity index is 606. The van der Waals surface area contributed by atoms with Crippen LogP contribution in [-0.4, -0.2) is 22.4 Å². The Hall–Kier alpha value is -1.75. The summed E-state index contributed by atoms with van der Waals surface area (Å²) in [6.07, 6.45) is 1.84. The minimum atomic E-state index is 0.146. The smallest absolute Gasteiger partial charge is 0.231 e. The van der Waals surface area contributed by atoms with Crippen LogP contribution in [0.25, 0.3) is 11.0 Å². The number of imidazole rings is 1. The topological polar surface area (TPSA) is 62.3 Å². The number of nitrogens with two attached hydrogens (primary N) is 1. The first-order valence-electron chi connectivity index (χ1n) is 6.77. The molecule has 0 saturated heterocycles. The molecule has 0 fully saturated rings. The van der Waals surface area contributed by atoms with Gasteiger partial charge in [0.15, 0.2) is 11.5 Å². The van der Waals surface area contributed by atoms with Crippen molar-refractivity contribution >= 4 is 11.0 Å². The van der Waals surface area contributed by atoms with Gasteiger partial charge >= 0.3 is 0 Å². The molecule has 19 heavy (non-hydrogen) atoms. The van der Waals surface area contributed by atoms with Gasteiger partial charge in [0.2, 0.25) is 6.79 Å². The average Bonchev–Trinajstić information content (AvgIpc) is 3.00.